The van der Waals surface area contributed by atoms with Gasteiger partial charge in [0.05, 0.1) is 17.2 Å². The quantitative estimate of drug-likeness (QED) is 0.810. The van der Waals surface area contributed by atoms with Crippen molar-refractivity contribution in [3.05, 3.63) is 24.3 Å². The SMILES string of the molecule is CCCNS(=O)(=O)c1ccccc1NC1CCS(=O)(=O)C1. The molecule has 0 saturated carbocycles. The Hall–Kier alpha value is -1.12. The molecule has 1 aliphatic rings. The Labute approximate surface area is 125 Å². The summed E-state index contributed by atoms with van der Waals surface area (Å²) in [5.74, 6) is 0.192. The highest BCUT2D eigenvalue weighted by molar-refractivity contribution is 7.91. The monoisotopic (exact) mass is 332 g/mol. The van der Waals surface area contributed by atoms with Gasteiger partial charge in [-0.05, 0) is 25.0 Å². The Morgan fingerprint density at radius 1 is 1.29 bits per heavy atom. The van der Waals surface area contributed by atoms with Crippen LogP contribution < -0.4 is 10.0 Å². The molecule has 0 spiro atoms. The summed E-state index contributed by atoms with van der Waals surface area (Å²) in [6, 6.07) is 6.31. The molecule has 0 amide bonds. The highest BCUT2D eigenvalue weighted by Gasteiger charge is 2.29. The van der Waals surface area contributed by atoms with E-state index in [9.17, 15) is 16.8 Å². The van der Waals surface area contributed by atoms with E-state index in [4.69, 9.17) is 0 Å². The van der Waals surface area contributed by atoms with Crippen molar-refractivity contribution in [3.63, 3.8) is 0 Å². The molecule has 21 heavy (non-hydrogen) atoms. The van der Waals surface area contributed by atoms with Gasteiger partial charge in [-0.3, -0.25) is 0 Å². The lowest BCUT2D eigenvalue weighted by Crippen LogP contribution is -2.27. The molecule has 6 nitrogen and oxygen atoms in total. The summed E-state index contributed by atoms with van der Waals surface area (Å²) in [5.41, 5.74) is 0.447. The summed E-state index contributed by atoms with van der Waals surface area (Å²) in [6.45, 7) is 2.25. The lowest BCUT2D eigenvalue weighted by Gasteiger charge is -2.16. The Kier molecular flexibility index (Phi) is 4.90. The number of hydrogen-bond donors (Lipinski definition) is 2. The fraction of sp³-hybridized carbons (Fsp3) is 0.538. The van der Waals surface area contributed by atoms with Gasteiger partial charge in [-0.15, -0.1) is 0 Å². The van der Waals surface area contributed by atoms with Crippen LogP contribution in [0.2, 0.25) is 0 Å². The highest BCUT2D eigenvalue weighted by atomic mass is 32.2. The lowest BCUT2D eigenvalue weighted by molar-refractivity contribution is 0.581. The molecule has 0 bridgehead atoms. The Bertz CT molecular complexity index is 699. The van der Waals surface area contributed by atoms with E-state index in [1.807, 2.05) is 6.92 Å². The molecular formula is C13H20N2O4S2. The van der Waals surface area contributed by atoms with E-state index >= 15 is 0 Å². The zero-order valence-electron chi connectivity index (χ0n) is 11.9. The van der Waals surface area contributed by atoms with Crippen molar-refractivity contribution in [2.75, 3.05) is 23.4 Å². The minimum atomic E-state index is -3.59. The minimum absolute atomic E-state index is 0.0454. The van der Waals surface area contributed by atoms with Gasteiger partial charge >= 0.3 is 0 Å². The summed E-state index contributed by atoms with van der Waals surface area (Å²) < 4.78 is 50.0. The van der Waals surface area contributed by atoms with Crippen LogP contribution in [0.3, 0.4) is 0 Å². The Morgan fingerprint density at radius 2 is 2.00 bits per heavy atom. The highest BCUT2D eigenvalue weighted by Crippen LogP contribution is 2.24. The van der Waals surface area contributed by atoms with Crippen LogP contribution in [0, 0.1) is 0 Å². The van der Waals surface area contributed by atoms with E-state index in [-0.39, 0.29) is 22.4 Å². The molecule has 1 aromatic carbocycles. The first kappa shape index (κ1) is 16.3. The zero-order valence-corrected chi connectivity index (χ0v) is 13.5. The summed E-state index contributed by atoms with van der Waals surface area (Å²) in [4.78, 5) is 0.155. The van der Waals surface area contributed by atoms with Crippen LogP contribution in [0.15, 0.2) is 29.2 Å². The molecule has 1 heterocycles. The summed E-state index contributed by atoms with van der Waals surface area (Å²) in [5, 5.41) is 3.05. The maximum Gasteiger partial charge on any atom is 0.242 e. The predicted octanol–water partition coefficient (Wildman–Crippen LogP) is 0.974. The first-order valence-corrected chi connectivity index (χ1v) is 10.2. The second kappa shape index (κ2) is 6.33. The molecule has 1 aliphatic heterocycles. The summed E-state index contributed by atoms with van der Waals surface area (Å²) in [7, 11) is -6.59. The second-order valence-corrected chi connectivity index (χ2v) is 9.10. The van der Waals surface area contributed by atoms with Crippen molar-refractivity contribution in [2.24, 2.45) is 0 Å². The van der Waals surface area contributed by atoms with E-state index in [0.717, 1.165) is 0 Å². The Balaban J connectivity index is 2.22. The molecule has 1 unspecified atom stereocenters. The second-order valence-electron chi connectivity index (χ2n) is 5.14. The van der Waals surface area contributed by atoms with Crippen molar-refractivity contribution in [2.45, 2.75) is 30.7 Å². The van der Waals surface area contributed by atoms with Gasteiger partial charge in [-0.25, -0.2) is 21.6 Å². The van der Waals surface area contributed by atoms with E-state index in [1.165, 1.54) is 6.07 Å². The summed E-state index contributed by atoms with van der Waals surface area (Å²) in [6.07, 6.45) is 1.20. The lowest BCUT2D eigenvalue weighted by atomic mass is 10.2. The fourth-order valence-electron chi connectivity index (χ4n) is 2.26. The van der Waals surface area contributed by atoms with E-state index < -0.39 is 19.9 Å². The standard InChI is InChI=1S/C13H20N2O4S2/c1-2-8-14-21(18,19)13-6-4-3-5-12(13)15-11-7-9-20(16,17)10-11/h3-6,11,14-15H,2,7-10H2,1H3. The number of sulfonamides is 1. The third kappa shape index (κ3) is 4.18. The molecule has 0 aromatic heterocycles. The van der Waals surface area contributed by atoms with Crippen LogP contribution in [0.25, 0.3) is 0 Å². The molecular weight excluding hydrogens is 312 g/mol. The number of para-hydroxylation sites is 1. The molecule has 0 radical (unpaired) electrons. The third-order valence-corrected chi connectivity index (χ3v) is 6.60. The van der Waals surface area contributed by atoms with Crippen LogP contribution in [0.5, 0.6) is 0 Å². The number of hydrogen-bond acceptors (Lipinski definition) is 5. The Morgan fingerprint density at radius 3 is 2.62 bits per heavy atom. The fourth-order valence-corrected chi connectivity index (χ4v) is 5.24. The molecule has 2 N–H and O–H groups in total. The maximum atomic E-state index is 12.2. The van der Waals surface area contributed by atoms with Crippen LogP contribution in [0.4, 0.5) is 5.69 Å². The van der Waals surface area contributed by atoms with Gasteiger partial charge in [-0.1, -0.05) is 19.1 Å². The smallest absolute Gasteiger partial charge is 0.242 e. The van der Waals surface area contributed by atoms with Crippen molar-refractivity contribution in [3.8, 4) is 0 Å². The largest absolute Gasteiger partial charge is 0.380 e. The van der Waals surface area contributed by atoms with E-state index in [0.29, 0.717) is 25.1 Å². The van der Waals surface area contributed by atoms with Crippen molar-refractivity contribution < 1.29 is 16.8 Å². The van der Waals surface area contributed by atoms with Gasteiger partial charge in [-0.2, -0.15) is 0 Å². The maximum absolute atomic E-state index is 12.2. The van der Waals surface area contributed by atoms with Crippen LogP contribution >= 0.6 is 0 Å². The topological polar surface area (TPSA) is 92.3 Å². The van der Waals surface area contributed by atoms with Crippen LogP contribution in [-0.2, 0) is 19.9 Å². The zero-order chi connectivity index (χ0) is 15.5. The minimum Gasteiger partial charge on any atom is -0.380 e. The van der Waals surface area contributed by atoms with Gasteiger partial charge < -0.3 is 5.32 Å². The van der Waals surface area contributed by atoms with Crippen molar-refractivity contribution in [1.29, 1.82) is 0 Å². The molecule has 0 aliphatic carbocycles. The number of nitrogens with one attached hydrogen (secondary N) is 2. The van der Waals surface area contributed by atoms with Gasteiger partial charge in [0.2, 0.25) is 10.0 Å². The van der Waals surface area contributed by atoms with Crippen molar-refractivity contribution in [1.82, 2.24) is 4.72 Å². The molecule has 2 rings (SSSR count). The first-order chi connectivity index (χ1) is 9.84. The van der Waals surface area contributed by atoms with Gasteiger partial charge in [0.15, 0.2) is 9.84 Å². The average Bonchev–Trinajstić information content (AvgIpc) is 2.76. The van der Waals surface area contributed by atoms with Gasteiger partial charge in [0.25, 0.3) is 0 Å². The number of anilines is 1. The van der Waals surface area contributed by atoms with Crippen LogP contribution in [-0.4, -0.2) is 40.9 Å². The number of benzene rings is 1. The van der Waals surface area contributed by atoms with Crippen LogP contribution in [0.1, 0.15) is 19.8 Å². The average molecular weight is 332 g/mol. The van der Waals surface area contributed by atoms with Crippen molar-refractivity contribution >= 4 is 25.5 Å². The first-order valence-electron chi connectivity index (χ1n) is 6.90. The summed E-state index contributed by atoms with van der Waals surface area (Å²) >= 11 is 0. The predicted molar refractivity (Wildman–Crippen MR) is 82.6 cm³/mol. The van der Waals surface area contributed by atoms with E-state index in [1.54, 1.807) is 18.2 Å². The number of sulfone groups is 1. The molecule has 1 atom stereocenters. The van der Waals surface area contributed by atoms with Gasteiger partial charge in [0, 0.05) is 12.6 Å². The molecule has 1 fully saturated rings. The molecule has 1 aromatic rings. The normalized spacial score (nSPS) is 21.3. The molecule has 8 heteroatoms. The molecule has 1 saturated heterocycles. The van der Waals surface area contributed by atoms with E-state index in [2.05, 4.69) is 10.0 Å². The molecule has 118 valence electrons. The van der Waals surface area contributed by atoms with Gasteiger partial charge in [0.1, 0.15) is 4.90 Å². The third-order valence-electron chi connectivity index (χ3n) is 3.31. The number of rotatable bonds is 6.